The zero-order chi connectivity index (χ0) is 15.1. The van der Waals surface area contributed by atoms with Crippen LogP contribution in [-0.4, -0.2) is 35.8 Å². The lowest BCUT2D eigenvalue weighted by Crippen LogP contribution is -2.29. The lowest BCUT2D eigenvalue weighted by atomic mass is 10.1. The number of nitro groups is 1. The van der Waals surface area contributed by atoms with Gasteiger partial charge < -0.3 is 15.2 Å². The van der Waals surface area contributed by atoms with Crippen molar-refractivity contribution in [3.63, 3.8) is 0 Å². The Bertz CT molecular complexity index is 490. The Balaban J connectivity index is 2.87. The molecule has 1 aromatic carbocycles. The van der Waals surface area contributed by atoms with Gasteiger partial charge in [-0.15, -0.1) is 0 Å². The number of methoxy groups -OCH3 is 1. The van der Waals surface area contributed by atoms with Crippen LogP contribution >= 0.6 is 0 Å². The van der Waals surface area contributed by atoms with E-state index in [2.05, 4.69) is 5.32 Å². The first-order valence-electron chi connectivity index (χ1n) is 6.19. The standard InChI is InChI=1S/C13H18N2O5/c1-9-5-6-10(12(8-9)15(18)19)14-11(13(16)17)4-3-7-20-2/h5-6,8,11,14H,3-4,7H2,1-2H3,(H,16,17). The molecule has 7 nitrogen and oxygen atoms in total. The molecule has 2 N–H and O–H groups in total. The Morgan fingerprint density at radius 1 is 1.55 bits per heavy atom. The normalized spacial score (nSPS) is 11.9. The van der Waals surface area contributed by atoms with Crippen LogP contribution in [0, 0.1) is 17.0 Å². The highest BCUT2D eigenvalue weighted by molar-refractivity contribution is 5.79. The molecule has 0 spiro atoms. The van der Waals surface area contributed by atoms with Gasteiger partial charge in [0.05, 0.1) is 4.92 Å². The number of carboxylic acid groups (broad SMARTS) is 1. The summed E-state index contributed by atoms with van der Waals surface area (Å²) < 4.78 is 4.87. The van der Waals surface area contributed by atoms with Crippen LogP contribution in [0.2, 0.25) is 0 Å². The number of nitrogens with zero attached hydrogens (tertiary/aromatic N) is 1. The van der Waals surface area contributed by atoms with E-state index < -0.39 is 16.9 Å². The van der Waals surface area contributed by atoms with E-state index in [4.69, 9.17) is 9.84 Å². The highest BCUT2D eigenvalue weighted by Crippen LogP contribution is 2.26. The molecule has 20 heavy (non-hydrogen) atoms. The molecule has 0 aliphatic carbocycles. The van der Waals surface area contributed by atoms with Crippen molar-refractivity contribution in [3.05, 3.63) is 33.9 Å². The predicted octanol–water partition coefficient (Wildman–Crippen LogP) is 2.19. The van der Waals surface area contributed by atoms with E-state index in [1.165, 1.54) is 19.2 Å². The van der Waals surface area contributed by atoms with E-state index in [9.17, 15) is 14.9 Å². The quantitative estimate of drug-likeness (QED) is 0.430. The number of hydrogen-bond acceptors (Lipinski definition) is 5. The molecule has 1 atom stereocenters. The van der Waals surface area contributed by atoms with Crippen molar-refractivity contribution >= 4 is 17.3 Å². The van der Waals surface area contributed by atoms with Gasteiger partial charge in [0.2, 0.25) is 0 Å². The minimum absolute atomic E-state index is 0.122. The second-order valence-electron chi connectivity index (χ2n) is 4.45. The summed E-state index contributed by atoms with van der Waals surface area (Å²) in [4.78, 5) is 21.6. The van der Waals surface area contributed by atoms with E-state index in [0.29, 0.717) is 19.4 Å². The number of ether oxygens (including phenoxy) is 1. The van der Waals surface area contributed by atoms with Crippen molar-refractivity contribution in [2.24, 2.45) is 0 Å². The van der Waals surface area contributed by atoms with Crippen LogP contribution in [0.3, 0.4) is 0 Å². The fraction of sp³-hybridized carbons (Fsp3) is 0.462. The zero-order valence-corrected chi connectivity index (χ0v) is 11.5. The van der Waals surface area contributed by atoms with Crippen LogP contribution in [0.4, 0.5) is 11.4 Å². The van der Waals surface area contributed by atoms with Crippen LogP contribution in [0.1, 0.15) is 18.4 Å². The molecule has 1 rings (SSSR count). The Labute approximate surface area is 116 Å². The third-order valence-corrected chi connectivity index (χ3v) is 2.82. The molecule has 0 saturated carbocycles. The van der Waals surface area contributed by atoms with Gasteiger partial charge in [0.1, 0.15) is 11.7 Å². The molecule has 0 aromatic heterocycles. The van der Waals surface area contributed by atoms with Crippen molar-refractivity contribution in [2.45, 2.75) is 25.8 Å². The maximum atomic E-state index is 11.2. The molecule has 0 heterocycles. The summed E-state index contributed by atoms with van der Waals surface area (Å²) in [6, 6.07) is 3.76. The third kappa shape index (κ3) is 4.51. The Hall–Kier alpha value is -2.15. The zero-order valence-electron chi connectivity index (χ0n) is 11.5. The number of rotatable bonds is 8. The van der Waals surface area contributed by atoms with Gasteiger partial charge in [0, 0.05) is 19.8 Å². The lowest BCUT2D eigenvalue weighted by Gasteiger charge is -2.15. The lowest BCUT2D eigenvalue weighted by molar-refractivity contribution is -0.384. The average Bonchev–Trinajstić information content (AvgIpc) is 2.39. The van der Waals surface area contributed by atoms with Crippen molar-refractivity contribution in [1.82, 2.24) is 0 Å². The van der Waals surface area contributed by atoms with Crippen LogP contribution in [0.5, 0.6) is 0 Å². The Morgan fingerprint density at radius 3 is 2.80 bits per heavy atom. The van der Waals surface area contributed by atoms with Gasteiger partial charge in [-0.2, -0.15) is 0 Å². The van der Waals surface area contributed by atoms with E-state index in [1.807, 2.05) is 0 Å². The van der Waals surface area contributed by atoms with Gasteiger partial charge in [0.25, 0.3) is 5.69 Å². The first kappa shape index (κ1) is 15.9. The van der Waals surface area contributed by atoms with Gasteiger partial charge in [-0.25, -0.2) is 4.79 Å². The van der Waals surface area contributed by atoms with Crippen molar-refractivity contribution in [3.8, 4) is 0 Å². The maximum absolute atomic E-state index is 11.2. The summed E-state index contributed by atoms with van der Waals surface area (Å²) in [5, 5.41) is 22.8. The molecule has 1 aromatic rings. The molecule has 110 valence electrons. The second kappa shape index (κ2) is 7.44. The largest absolute Gasteiger partial charge is 0.480 e. The highest BCUT2D eigenvalue weighted by Gasteiger charge is 2.21. The summed E-state index contributed by atoms with van der Waals surface area (Å²) in [6.07, 6.45) is 0.883. The molecule has 0 aliphatic heterocycles. The van der Waals surface area contributed by atoms with Gasteiger partial charge in [0.15, 0.2) is 0 Å². The summed E-state index contributed by atoms with van der Waals surface area (Å²) in [5.74, 6) is -1.05. The van der Waals surface area contributed by atoms with Crippen LogP contribution < -0.4 is 5.32 Å². The first-order chi connectivity index (χ1) is 9.45. The van der Waals surface area contributed by atoms with Gasteiger partial charge in [-0.1, -0.05) is 6.07 Å². The number of carboxylic acids is 1. The van der Waals surface area contributed by atoms with E-state index in [1.54, 1.807) is 13.0 Å². The first-order valence-corrected chi connectivity index (χ1v) is 6.19. The number of hydrogen-bond donors (Lipinski definition) is 2. The monoisotopic (exact) mass is 282 g/mol. The SMILES string of the molecule is COCCCC(Nc1ccc(C)cc1[N+](=O)[O-])C(=O)O. The Morgan fingerprint density at radius 2 is 2.25 bits per heavy atom. The van der Waals surface area contributed by atoms with E-state index in [-0.39, 0.29) is 11.4 Å². The second-order valence-corrected chi connectivity index (χ2v) is 4.45. The summed E-state index contributed by atoms with van der Waals surface area (Å²) in [6.45, 7) is 2.19. The van der Waals surface area contributed by atoms with Crippen molar-refractivity contribution in [2.75, 3.05) is 19.0 Å². The van der Waals surface area contributed by atoms with Gasteiger partial charge in [-0.05, 0) is 31.4 Å². The molecule has 0 saturated heterocycles. The fourth-order valence-electron chi connectivity index (χ4n) is 1.79. The average molecular weight is 282 g/mol. The van der Waals surface area contributed by atoms with Crippen LogP contribution in [0.25, 0.3) is 0 Å². The third-order valence-electron chi connectivity index (χ3n) is 2.82. The summed E-state index contributed by atoms with van der Waals surface area (Å²) in [7, 11) is 1.54. The van der Waals surface area contributed by atoms with Crippen molar-refractivity contribution < 1.29 is 19.6 Å². The number of benzene rings is 1. The number of carbonyl (C=O) groups is 1. The molecular weight excluding hydrogens is 264 g/mol. The predicted molar refractivity (Wildman–Crippen MR) is 74.0 cm³/mol. The summed E-state index contributed by atoms with van der Waals surface area (Å²) in [5.41, 5.74) is 0.835. The molecule has 0 bridgehead atoms. The smallest absolute Gasteiger partial charge is 0.326 e. The Kier molecular flexibility index (Phi) is 5.92. The minimum atomic E-state index is -1.05. The fourth-order valence-corrected chi connectivity index (χ4v) is 1.79. The highest BCUT2D eigenvalue weighted by atomic mass is 16.6. The van der Waals surface area contributed by atoms with Crippen LogP contribution in [-0.2, 0) is 9.53 Å². The number of nitro benzene ring substituents is 1. The number of anilines is 1. The molecular formula is C13H18N2O5. The number of aliphatic carboxylic acids is 1. The summed E-state index contributed by atoms with van der Waals surface area (Å²) >= 11 is 0. The van der Waals surface area contributed by atoms with Crippen molar-refractivity contribution in [1.29, 1.82) is 0 Å². The molecule has 1 unspecified atom stereocenters. The topological polar surface area (TPSA) is 102 Å². The van der Waals surface area contributed by atoms with E-state index in [0.717, 1.165) is 5.56 Å². The number of aryl methyl sites for hydroxylation is 1. The maximum Gasteiger partial charge on any atom is 0.326 e. The molecule has 0 fully saturated rings. The minimum Gasteiger partial charge on any atom is -0.480 e. The number of nitrogens with one attached hydrogen (secondary N) is 1. The van der Waals surface area contributed by atoms with Gasteiger partial charge >= 0.3 is 5.97 Å². The van der Waals surface area contributed by atoms with E-state index >= 15 is 0 Å². The van der Waals surface area contributed by atoms with Crippen LogP contribution in [0.15, 0.2) is 18.2 Å². The van der Waals surface area contributed by atoms with Gasteiger partial charge in [-0.3, -0.25) is 10.1 Å². The molecule has 0 radical (unpaired) electrons. The molecule has 0 aliphatic rings. The molecule has 0 amide bonds. The molecule has 7 heteroatoms.